The molecule has 318 valence electrons. The number of hydrogen-bond acceptors (Lipinski definition) is 3. The molecule has 8 aromatic carbocycles. The molecule has 0 N–H and O–H groups in total. The second-order valence-corrected chi connectivity index (χ2v) is 15.7. The number of fused-ring (bicyclic) bond motifs is 4. The van der Waals surface area contributed by atoms with Crippen LogP contribution < -0.4 is 9.30 Å². The van der Waals surface area contributed by atoms with E-state index in [4.69, 9.17) is 21.0 Å². The van der Waals surface area contributed by atoms with Gasteiger partial charge in [-0.15, -0.1) is 35.7 Å². The van der Waals surface area contributed by atoms with Gasteiger partial charge in [-0.05, 0) is 63.4 Å². The Labute approximate surface area is 403 Å². The Balaban J connectivity index is 0.00000547. The molecule has 0 unspecified atom stereocenters. The zero-order chi connectivity index (χ0) is 47.6. The van der Waals surface area contributed by atoms with Crippen LogP contribution in [0.2, 0.25) is 0 Å². The molecule has 4 heterocycles. The van der Waals surface area contributed by atoms with Gasteiger partial charge in [0.25, 0.3) is 6.33 Å². The van der Waals surface area contributed by atoms with Gasteiger partial charge in [-0.2, -0.15) is 6.07 Å². The van der Waals surface area contributed by atoms with Crippen molar-refractivity contribution in [2.24, 2.45) is 0 Å². The number of aryl methyl sites for hydroxylation is 1. The molecule has 12 aromatic rings. The number of benzene rings is 8. The fraction of sp³-hybridized carbons (Fsp3) is 0.0169. The largest absolute Gasteiger partial charge is 0.503 e. The van der Waals surface area contributed by atoms with Crippen LogP contribution in [0.25, 0.3) is 94.9 Å². The second-order valence-electron chi connectivity index (χ2n) is 15.7. The van der Waals surface area contributed by atoms with Gasteiger partial charge in [-0.1, -0.05) is 175 Å². The van der Waals surface area contributed by atoms with Crippen LogP contribution in [0.5, 0.6) is 11.5 Å². The summed E-state index contributed by atoms with van der Waals surface area (Å²) in [5.41, 5.74) is 11.9. The molecular formula is C59H38N4O2Pt-2. The van der Waals surface area contributed by atoms with Gasteiger partial charge in [-0.25, -0.2) is 4.98 Å². The van der Waals surface area contributed by atoms with Gasteiger partial charge in [0.2, 0.25) is 5.71 Å². The number of imidazole rings is 1. The van der Waals surface area contributed by atoms with Crippen molar-refractivity contribution in [2.75, 3.05) is 0 Å². The predicted molar refractivity (Wildman–Crippen MR) is 258 cm³/mol. The van der Waals surface area contributed by atoms with E-state index in [9.17, 15) is 0 Å². The van der Waals surface area contributed by atoms with E-state index in [-0.39, 0.29) is 38.7 Å². The number of ether oxygens (including phenoxy) is 1. The number of aromatic nitrogens is 4. The van der Waals surface area contributed by atoms with Gasteiger partial charge in [0, 0.05) is 49.8 Å². The fourth-order valence-electron chi connectivity index (χ4n) is 8.77. The fourth-order valence-corrected chi connectivity index (χ4v) is 8.77. The van der Waals surface area contributed by atoms with Crippen LogP contribution in [0.1, 0.15) is 12.4 Å². The Kier molecular flexibility index (Phi) is 9.18. The molecule has 0 aliphatic carbocycles. The molecule has 0 radical (unpaired) electrons. The normalized spacial score (nSPS) is 12.3. The number of rotatable bonds is 9. The Hall–Kier alpha value is -8.05. The first-order valence-electron chi connectivity index (χ1n) is 23.7. The summed E-state index contributed by atoms with van der Waals surface area (Å²) in [6.45, 7) is 1.85. The van der Waals surface area contributed by atoms with Crippen LogP contribution in [-0.2, 0) is 21.1 Å². The average molecular weight is 1040 g/mol. The maximum absolute atomic E-state index is 8.59. The molecular weight excluding hydrogens is 992 g/mol. The van der Waals surface area contributed by atoms with Gasteiger partial charge >= 0.3 is 0 Å². The van der Waals surface area contributed by atoms with E-state index in [0.717, 1.165) is 72.3 Å². The monoisotopic (exact) mass is 1030 g/mol. The van der Waals surface area contributed by atoms with Crippen molar-refractivity contribution in [1.29, 1.82) is 0 Å². The van der Waals surface area contributed by atoms with E-state index in [0.29, 0.717) is 34.2 Å². The van der Waals surface area contributed by atoms with Crippen molar-refractivity contribution in [3.8, 4) is 78.9 Å². The second kappa shape index (κ2) is 17.2. The van der Waals surface area contributed by atoms with Gasteiger partial charge in [0.15, 0.2) is 0 Å². The minimum Gasteiger partial charge on any atom is -0.503 e. The van der Waals surface area contributed by atoms with Crippen molar-refractivity contribution < 1.29 is 41.6 Å². The Morgan fingerprint density at radius 1 is 0.621 bits per heavy atom. The van der Waals surface area contributed by atoms with E-state index < -0.39 is 18.1 Å². The minimum atomic E-state index is -0.438. The third-order valence-electron chi connectivity index (χ3n) is 11.7. The molecule has 0 spiro atoms. The molecule has 0 fully saturated rings. The molecule has 12 rings (SSSR count). The molecule has 0 amide bonds. The van der Waals surface area contributed by atoms with Crippen molar-refractivity contribution >= 4 is 27.5 Å². The van der Waals surface area contributed by atoms with Crippen molar-refractivity contribution in [1.82, 2.24) is 14.0 Å². The first-order valence-corrected chi connectivity index (χ1v) is 21.2. The molecule has 0 aliphatic rings. The maximum Gasteiger partial charge on any atom is 0.272 e. The zero-order valence-corrected chi connectivity index (χ0v) is 37.5. The van der Waals surface area contributed by atoms with Crippen molar-refractivity contribution in [3.63, 3.8) is 0 Å². The summed E-state index contributed by atoms with van der Waals surface area (Å²) < 4.78 is 60.9. The SMILES string of the molecule is [2H]c1c([2H])c([2H])c(-c2cnc(-n3c4[c-]c(Oc5[c-]c(-c6coc7c(-c8ccccc8)[n+](-c8c(-c9ccccc9)cccc8-c8ccccc8)[c-]n67)ccc5)ccc4c4ccccc43)cc2C)c([2H])c1[2H].[Pt]. The first-order chi connectivity index (χ1) is 34.2. The Morgan fingerprint density at radius 3 is 1.98 bits per heavy atom. The van der Waals surface area contributed by atoms with Crippen molar-refractivity contribution in [2.45, 2.75) is 6.92 Å². The van der Waals surface area contributed by atoms with E-state index in [1.165, 1.54) is 0 Å². The van der Waals surface area contributed by atoms with Crippen LogP contribution in [0, 0.1) is 25.4 Å². The molecule has 0 saturated carbocycles. The summed E-state index contributed by atoms with van der Waals surface area (Å²) >= 11 is 0. The van der Waals surface area contributed by atoms with E-state index >= 15 is 0 Å². The number of hydrogen-bond donors (Lipinski definition) is 0. The summed E-state index contributed by atoms with van der Waals surface area (Å²) in [6.07, 6.45) is 7.02. The van der Waals surface area contributed by atoms with Gasteiger partial charge in [-0.3, -0.25) is 8.97 Å². The number of para-hydroxylation sites is 2. The average Bonchev–Trinajstić information content (AvgIpc) is 4.09. The minimum absolute atomic E-state index is 0. The molecule has 4 aromatic heterocycles. The molecule has 6 nitrogen and oxygen atoms in total. The summed E-state index contributed by atoms with van der Waals surface area (Å²) in [5.74, 6) is 1.49. The van der Waals surface area contributed by atoms with Gasteiger partial charge in [0.05, 0.1) is 24.5 Å². The first kappa shape index (κ1) is 35.3. The van der Waals surface area contributed by atoms with E-state index in [1.54, 1.807) is 12.5 Å². The summed E-state index contributed by atoms with van der Waals surface area (Å²) in [5, 5.41) is 1.93. The summed E-state index contributed by atoms with van der Waals surface area (Å²) in [6, 6.07) is 62.2. The topological polar surface area (TPSA) is 48.5 Å². The van der Waals surface area contributed by atoms with E-state index in [2.05, 4.69) is 102 Å². The molecule has 66 heavy (non-hydrogen) atoms. The van der Waals surface area contributed by atoms with Gasteiger partial charge in [0.1, 0.15) is 11.5 Å². The van der Waals surface area contributed by atoms with Crippen LogP contribution in [0.15, 0.2) is 217 Å². The Morgan fingerprint density at radius 2 is 1.27 bits per heavy atom. The molecule has 0 aliphatic heterocycles. The number of oxazole rings is 1. The maximum atomic E-state index is 8.59. The summed E-state index contributed by atoms with van der Waals surface area (Å²) in [4.78, 5) is 4.83. The standard InChI is InChI=1S/C59H38N4O2.Pt/c1-40-34-56(60-37-52(40)43-22-10-4-11-23-43)63-53-31-15-14-28-50(53)51-33-32-47(36-54(51)63)65-46-27-16-26-45(35-46)55-38-64-59-57(44-24-12-5-13-25-44)62(39-61(55)59)58-48(41-18-6-2-7-19-41)29-17-30-49(58)42-20-8-3-9-21-42;/h2-34,37-38H,1H3;/q-2;/i4D,10D,11D,22D,23D;. The van der Waals surface area contributed by atoms with E-state index in [1.807, 2.05) is 107 Å². The third-order valence-corrected chi connectivity index (χ3v) is 11.7. The summed E-state index contributed by atoms with van der Waals surface area (Å²) in [7, 11) is 0. The predicted octanol–water partition coefficient (Wildman–Crippen LogP) is 14.1. The van der Waals surface area contributed by atoms with Crippen LogP contribution in [0.3, 0.4) is 0 Å². The third kappa shape index (κ3) is 7.13. The molecule has 0 atom stereocenters. The Bertz CT molecular complexity index is 3920. The zero-order valence-electron chi connectivity index (χ0n) is 40.2. The van der Waals surface area contributed by atoms with Crippen LogP contribution in [-0.4, -0.2) is 14.0 Å². The van der Waals surface area contributed by atoms with Crippen molar-refractivity contribution in [3.05, 3.63) is 237 Å². The van der Waals surface area contributed by atoms with Crippen LogP contribution >= 0.6 is 0 Å². The number of pyridine rings is 1. The van der Waals surface area contributed by atoms with Crippen LogP contribution in [0.4, 0.5) is 0 Å². The molecule has 7 heteroatoms. The quantitative estimate of drug-likeness (QED) is 0.107. The van der Waals surface area contributed by atoms with Gasteiger partial charge < -0.3 is 13.7 Å². The smallest absolute Gasteiger partial charge is 0.272 e. The molecule has 0 saturated heterocycles. The molecule has 0 bridgehead atoms. The number of nitrogens with zero attached hydrogens (tertiary/aromatic N) is 4.